The van der Waals surface area contributed by atoms with Crippen LogP contribution in [0.5, 0.6) is 0 Å². The molecule has 2 N–H and O–H groups in total. The van der Waals surface area contributed by atoms with Gasteiger partial charge in [-0.25, -0.2) is 0 Å². The summed E-state index contributed by atoms with van der Waals surface area (Å²) in [5, 5.41) is 5.93. The van der Waals surface area contributed by atoms with E-state index in [0.29, 0.717) is 17.8 Å². The number of rotatable bonds is 9. The SMILES string of the molecule is CC(=O)Nc1cc(C(=O)NCCN2CCC(Cc3ccccc3)CC2)ccc1Sc1ccc(C)cc1. The summed E-state index contributed by atoms with van der Waals surface area (Å²) in [5.41, 5.74) is 3.82. The van der Waals surface area contributed by atoms with E-state index in [1.165, 1.54) is 30.9 Å². The summed E-state index contributed by atoms with van der Waals surface area (Å²) < 4.78 is 0. The largest absolute Gasteiger partial charge is 0.351 e. The van der Waals surface area contributed by atoms with Crippen molar-refractivity contribution in [2.45, 2.75) is 42.9 Å². The maximum absolute atomic E-state index is 12.8. The van der Waals surface area contributed by atoms with Gasteiger partial charge in [0, 0.05) is 35.4 Å². The highest BCUT2D eigenvalue weighted by molar-refractivity contribution is 7.99. The molecule has 4 rings (SSSR count). The Labute approximate surface area is 218 Å². The molecule has 0 spiro atoms. The minimum absolute atomic E-state index is 0.118. The second-order valence-corrected chi connectivity index (χ2v) is 10.7. The fourth-order valence-electron chi connectivity index (χ4n) is 4.57. The van der Waals surface area contributed by atoms with Crippen molar-refractivity contribution < 1.29 is 9.59 Å². The van der Waals surface area contributed by atoms with Crippen molar-refractivity contribution in [3.05, 3.63) is 89.5 Å². The lowest BCUT2D eigenvalue weighted by Gasteiger charge is -2.32. The van der Waals surface area contributed by atoms with E-state index in [1.807, 2.05) is 12.1 Å². The molecule has 0 saturated carbocycles. The molecule has 1 aliphatic heterocycles. The number of carbonyl (C=O) groups is 2. The molecule has 1 heterocycles. The van der Waals surface area contributed by atoms with Crippen LogP contribution in [0.3, 0.4) is 0 Å². The quantitative estimate of drug-likeness (QED) is 0.390. The lowest BCUT2D eigenvalue weighted by molar-refractivity contribution is -0.114. The monoisotopic (exact) mass is 501 g/mol. The van der Waals surface area contributed by atoms with Crippen molar-refractivity contribution in [2.24, 2.45) is 5.92 Å². The third-order valence-corrected chi connectivity index (χ3v) is 7.67. The number of nitrogens with zero attached hydrogens (tertiary/aromatic N) is 1. The lowest BCUT2D eigenvalue weighted by atomic mass is 9.90. The Morgan fingerprint density at radius 3 is 2.39 bits per heavy atom. The van der Waals surface area contributed by atoms with Crippen LogP contribution in [-0.2, 0) is 11.2 Å². The first-order valence-corrected chi connectivity index (χ1v) is 13.5. The van der Waals surface area contributed by atoms with Gasteiger partial charge in [0.1, 0.15) is 0 Å². The molecular formula is C30H35N3O2S. The zero-order valence-electron chi connectivity index (χ0n) is 21.1. The molecule has 3 aromatic carbocycles. The van der Waals surface area contributed by atoms with Crippen LogP contribution >= 0.6 is 11.8 Å². The fraction of sp³-hybridized carbons (Fsp3) is 0.333. The zero-order valence-corrected chi connectivity index (χ0v) is 21.9. The van der Waals surface area contributed by atoms with E-state index in [9.17, 15) is 9.59 Å². The Hall–Kier alpha value is -3.09. The van der Waals surface area contributed by atoms with Crippen molar-refractivity contribution in [3.63, 3.8) is 0 Å². The lowest BCUT2D eigenvalue weighted by Crippen LogP contribution is -2.40. The number of nitrogens with one attached hydrogen (secondary N) is 2. The van der Waals surface area contributed by atoms with E-state index in [-0.39, 0.29) is 11.8 Å². The summed E-state index contributed by atoms with van der Waals surface area (Å²) in [6, 6.07) is 24.5. The first-order chi connectivity index (χ1) is 17.5. The number of likely N-dealkylation sites (tertiary alicyclic amines) is 1. The first kappa shape index (κ1) is 26.0. The molecule has 1 aliphatic rings. The van der Waals surface area contributed by atoms with Crippen LogP contribution in [0.2, 0.25) is 0 Å². The topological polar surface area (TPSA) is 61.4 Å². The predicted molar refractivity (Wildman–Crippen MR) is 148 cm³/mol. The van der Waals surface area contributed by atoms with E-state index in [1.54, 1.807) is 17.8 Å². The number of benzene rings is 3. The van der Waals surface area contributed by atoms with E-state index in [4.69, 9.17) is 0 Å². The minimum atomic E-state index is -0.158. The number of anilines is 1. The highest BCUT2D eigenvalue weighted by Crippen LogP contribution is 2.34. The van der Waals surface area contributed by atoms with Gasteiger partial charge in [-0.2, -0.15) is 0 Å². The minimum Gasteiger partial charge on any atom is -0.351 e. The zero-order chi connectivity index (χ0) is 25.3. The van der Waals surface area contributed by atoms with Gasteiger partial charge in [0.25, 0.3) is 5.91 Å². The van der Waals surface area contributed by atoms with Crippen LogP contribution in [0, 0.1) is 12.8 Å². The average molecular weight is 502 g/mol. The number of piperidine rings is 1. The molecular weight excluding hydrogens is 466 g/mol. The van der Waals surface area contributed by atoms with Crippen molar-refractivity contribution in [1.82, 2.24) is 10.2 Å². The Morgan fingerprint density at radius 2 is 1.69 bits per heavy atom. The summed E-state index contributed by atoms with van der Waals surface area (Å²) in [5.74, 6) is 0.461. The molecule has 2 amide bonds. The number of hydrogen-bond acceptors (Lipinski definition) is 4. The Morgan fingerprint density at radius 1 is 0.972 bits per heavy atom. The molecule has 6 heteroatoms. The standard InChI is InChI=1S/C30H35N3O2S/c1-22-8-11-27(12-9-22)36-29-13-10-26(21-28(29)32-23(2)34)30(35)31-16-19-33-17-14-25(15-18-33)20-24-6-4-3-5-7-24/h3-13,21,25H,14-20H2,1-2H3,(H,31,35)(H,32,34). The van der Waals surface area contributed by atoms with Gasteiger partial charge in [-0.3, -0.25) is 9.59 Å². The van der Waals surface area contributed by atoms with Gasteiger partial charge >= 0.3 is 0 Å². The van der Waals surface area contributed by atoms with Gasteiger partial charge in [0.15, 0.2) is 0 Å². The first-order valence-electron chi connectivity index (χ1n) is 12.7. The highest BCUT2D eigenvalue weighted by Gasteiger charge is 2.19. The van der Waals surface area contributed by atoms with Crippen LogP contribution in [0.4, 0.5) is 5.69 Å². The van der Waals surface area contributed by atoms with Gasteiger partial charge < -0.3 is 15.5 Å². The van der Waals surface area contributed by atoms with Crippen LogP contribution in [0.15, 0.2) is 82.6 Å². The van der Waals surface area contributed by atoms with E-state index >= 15 is 0 Å². The fourth-order valence-corrected chi connectivity index (χ4v) is 5.45. The molecule has 0 radical (unpaired) electrons. The van der Waals surface area contributed by atoms with Crippen LogP contribution in [-0.4, -0.2) is 42.9 Å². The smallest absolute Gasteiger partial charge is 0.251 e. The molecule has 0 bridgehead atoms. The molecule has 0 unspecified atom stereocenters. The summed E-state index contributed by atoms with van der Waals surface area (Å²) in [4.78, 5) is 29.1. The summed E-state index contributed by atoms with van der Waals surface area (Å²) in [6.45, 7) is 7.14. The van der Waals surface area contributed by atoms with Crippen molar-refractivity contribution in [2.75, 3.05) is 31.5 Å². The Bertz CT molecular complexity index is 1160. The van der Waals surface area contributed by atoms with Crippen molar-refractivity contribution >= 4 is 29.3 Å². The normalized spacial score (nSPS) is 14.4. The van der Waals surface area contributed by atoms with Gasteiger partial charge in [-0.05, 0) is 81.1 Å². The number of amides is 2. The second kappa shape index (κ2) is 12.7. The second-order valence-electron chi connectivity index (χ2n) is 9.54. The highest BCUT2D eigenvalue weighted by atomic mass is 32.2. The van der Waals surface area contributed by atoms with Gasteiger partial charge in [-0.15, -0.1) is 0 Å². The van der Waals surface area contributed by atoms with Crippen molar-refractivity contribution in [1.29, 1.82) is 0 Å². The summed E-state index contributed by atoms with van der Waals surface area (Å²) in [6.07, 6.45) is 3.55. The maximum atomic E-state index is 12.8. The molecule has 3 aromatic rings. The van der Waals surface area contributed by atoms with E-state index in [2.05, 4.69) is 77.1 Å². The Kier molecular flexibility index (Phi) is 9.20. The summed E-state index contributed by atoms with van der Waals surface area (Å²) in [7, 11) is 0. The molecule has 5 nitrogen and oxygen atoms in total. The predicted octanol–water partition coefficient (Wildman–Crippen LogP) is 5.79. The molecule has 0 atom stereocenters. The Balaban J connectivity index is 1.27. The third kappa shape index (κ3) is 7.70. The van der Waals surface area contributed by atoms with Gasteiger partial charge in [0.2, 0.25) is 5.91 Å². The molecule has 1 fully saturated rings. The van der Waals surface area contributed by atoms with Crippen molar-refractivity contribution in [3.8, 4) is 0 Å². The number of aryl methyl sites for hydroxylation is 1. The molecule has 188 valence electrons. The van der Waals surface area contributed by atoms with E-state index < -0.39 is 0 Å². The summed E-state index contributed by atoms with van der Waals surface area (Å²) >= 11 is 1.57. The molecule has 1 saturated heterocycles. The number of hydrogen-bond donors (Lipinski definition) is 2. The molecule has 36 heavy (non-hydrogen) atoms. The van der Waals surface area contributed by atoms with Crippen LogP contribution in [0.1, 0.15) is 41.3 Å². The van der Waals surface area contributed by atoms with Gasteiger partial charge in [-0.1, -0.05) is 59.8 Å². The van der Waals surface area contributed by atoms with Crippen LogP contribution in [0.25, 0.3) is 0 Å². The third-order valence-electron chi connectivity index (χ3n) is 6.59. The molecule has 0 aliphatic carbocycles. The van der Waals surface area contributed by atoms with E-state index in [0.717, 1.165) is 41.8 Å². The molecule has 0 aromatic heterocycles. The maximum Gasteiger partial charge on any atom is 0.251 e. The number of carbonyl (C=O) groups excluding carboxylic acids is 2. The average Bonchev–Trinajstić information content (AvgIpc) is 2.87. The van der Waals surface area contributed by atoms with Gasteiger partial charge in [0.05, 0.1) is 5.69 Å². The van der Waals surface area contributed by atoms with Crippen LogP contribution < -0.4 is 10.6 Å².